The van der Waals surface area contributed by atoms with Gasteiger partial charge in [0.15, 0.2) is 5.82 Å². The molecule has 1 aliphatic heterocycles. The van der Waals surface area contributed by atoms with Gasteiger partial charge in [0.05, 0.1) is 0 Å². The minimum Gasteiger partial charge on any atom is -0.410 e. The van der Waals surface area contributed by atoms with E-state index in [2.05, 4.69) is 20.3 Å². The summed E-state index contributed by atoms with van der Waals surface area (Å²) in [5, 5.41) is 8.44. The fourth-order valence-corrected chi connectivity index (χ4v) is 2.74. The summed E-state index contributed by atoms with van der Waals surface area (Å²) >= 11 is 0. The Morgan fingerprint density at radius 3 is 2.52 bits per heavy atom. The lowest BCUT2D eigenvalue weighted by Crippen LogP contribution is -2.44. The molecule has 0 unspecified atom stereocenters. The Bertz CT molecular complexity index is 770. The molecular formula is C18H20N4O5. The summed E-state index contributed by atoms with van der Waals surface area (Å²) < 4.78 is 9.90. The van der Waals surface area contributed by atoms with Gasteiger partial charge in [-0.05, 0) is 30.9 Å². The molecule has 0 aliphatic carbocycles. The molecule has 1 aromatic carbocycles. The van der Waals surface area contributed by atoms with E-state index in [1.165, 1.54) is 12.3 Å². The first-order chi connectivity index (χ1) is 13.1. The maximum Gasteiger partial charge on any atom is 0.415 e. The van der Waals surface area contributed by atoms with Gasteiger partial charge in [-0.25, -0.2) is 4.79 Å². The van der Waals surface area contributed by atoms with Crippen LogP contribution in [-0.2, 0) is 9.59 Å². The molecule has 2 heterocycles. The molecule has 0 bridgehead atoms. The summed E-state index contributed by atoms with van der Waals surface area (Å²) in [5.41, 5.74) is 0. The monoisotopic (exact) mass is 372 g/mol. The molecule has 0 atom stereocenters. The number of ether oxygens (including phenoxy) is 1. The van der Waals surface area contributed by atoms with Crippen molar-refractivity contribution in [3.8, 4) is 5.75 Å². The third kappa shape index (κ3) is 5.30. The second-order valence-corrected chi connectivity index (χ2v) is 6.16. The van der Waals surface area contributed by atoms with Gasteiger partial charge in [-0.2, -0.15) is 0 Å². The van der Waals surface area contributed by atoms with Gasteiger partial charge in [0.25, 0.3) is 0 Å². The maximum absolute atomic E-state index is 12.1. The predicted molar refractivity (Wildman–Crippen MR) is 94.9 cm³/mol. The van der Waals surface area contributed by atoms with Gasteiger partial charge in [0.2, 0.25) is 0 Å². The molecule has 0 spiro atoms. The molecule has 9 heteroatoms. The van der Waals surface area contributed by atoms with Crippen molar-refractivity contribution in [3.63, 3.8) is 0 Å². The standard InChI is InChI=1S/C18H20N4O5/c23-16(17(24)20-15-8-11-26-21-15)19-12-13-6-9-22(10-7-13)18(25)27-14-4-2-1-3-5-14/h1-5,8,11,13H,6-7,9-10,12H2,(H,19,23)(H,20,21,24). The average molecular weight is 372 g/mol. The number of para-hydroxylation sites is 1. The van der Waals surface area contributed by atoms with E-state index in [0.717, 1.165) is 12.8 Å². The predicted octanol–water partition coefficient (Wildman–Crippen LogP) is 1.64. The van der Waals surface area contributed by atoms with Crippen molar-refractivity contribution in [3.05, 3.63) is 42.7 Å². The van der Waals surface area contributed by atoms with Gasteiger partial charge in [-0.1, -0.05) is 23.4 Å². The Morgan fingerprint density at radius 2 is 1.85 bits per heavy atom. The van der Waals surface area contributed by atoms with Crippen molar-refractivity contribution < 1.29 is 23.6 Å². The zero-order valence-corrected chi connectivity index (χ0v) is 14.6. The first kappa shape index (κ1) is 18.4. The third-order valence-corrected chi connectivity index (χ3v) is 4.26. The second kappa shape index (κ2) is 8.84. The van der Waals surface area contributed by atoms with Crippen LogP contribution < -0.4 is 15.4 Å². The number of carbonyl (C=O) groups is 3. The number of rotatable bonds is 4. The zero-order valence-electron chi connectivity index (χ0n) is 14.6. The molecule has 27 heavy (non-hydrogen) atoms. The number of hydrogen-bond donors (Lipinski definition) is 2. The van der Waals surface area contributed by atoms with Crippen LogP contribution in [-0.4, -0.2) is 47.6 Å². The molecule has 1 aliphatic rings. The van der Waals surface area contributed by atoms with E-state index in [1.807, 2.05) is 6.07 Å². The topological polar surface area (TPSA) is 114 Å². The highest BCUT2D eigenvalue weighted by Gasteiger charge is 2.25. The van der Waals surface area contributed by atoms with Gasteiger partial charge in [-0.3, -0.25) is 14.9 Å². The quantitative estimate of drug-likeness (QED) is 0.789. The summed E-state index contributed by atoms with van der Waals surface area (Å²) in [6.45, 7) is 1.45. The maximum atomic E-state index is 12.1. The molecule has 2 N–H and O–H groups in total. The molecule has 1 aromatic heterocycles. The Morgan fingerprint density at radius 1 is 1.11 bits per heavy atom. The highest BCUT2D eigenvalue weighted by atomic mass is 16.6. The van der Waals surface area contributed by atoms with Crippen LogP contribution in [0.15, 0.2) is 47.2 Å². The van der Waals surface area contributed by atoms with Crippen molar-refractivity contribution in [1.82, 2.24) is 15.4 Å². The minimum atomic E-state index is -0.798. The van der Waals surface area contributed by atoms with Crippen molar-refractivity contribution in [1.29, 1.82) is 0 Å². The molecule has 142 valence electrons. The van der Waals surface area contributed by atoms with Gasteiger partial charge in [0.1, 0.15) is 12.0 Å². The van der Waals surface area contributed by atoms with Gasteiger partial charge in [-0.15, -0.1) is 0 Å². The number of nitrogens with one attached hydrogen (secondary N) is 2. The summed E-state index contributed by atoms with van der Waals surface area (Å²) in [5.74, 6) is -0.651. The largest absolute Gasteiger partial charge is 0.415 e. The van der Waals surface area contributed by atoms with E-state index in [-0.39, 0.29) is 17.8 Å². The number of anilines is 1. The fourth-order valence-electron chi connectivity index (χ4n) is 2.74. The van der Waals surface area contributed by atoms with Crippen LogP contribution in [0.2, 0.25) is 0 Å². The van der Waals surface area contributed by atoms with E-state index >= 15 is 0 Å². The van der Waals surface area contributed by atoms with Crippen LogP contribution in [0.1, 0.15) is 12.8 Å². The highest BCUT2D eigenvalue weighted by molar-refractivity contribution is 6.39. The summed E-state index contributed by atoms with van der Waals surface area (Å²) in [6.07, 6.45) is 2.35. The second-order valence-electron chi connectivity index (χ2n) is 6.16. The Hall–Kier alpha value is -3.36. The Labute approximate surface area is 155 Å². The number of carbonyl (C=O) groups excluding carboxylic acids is 3. The summed E-state index contributed by atoms with van der Waals surface area (Å²) in [6, 6.07) is 10.3. The van der Waals surface area contributed by atoms with Gasteiger partial charge < -0.3 is 19.5 Å². The number of amides is 3. The number of aromatic nitrogens is 1. The van der Waals surface area contributed by atoms with Crippen LogP contribution in [0.25, 0.3) is 0 Å². The van der Waals surface area contributed by atoms with Crippen molar-refractivity contribution in [2.45, 2.75) is 12.8 Å². The van der Waals surface area contributed by atoms with E-state index < -0.39 is 11.8 Å². The normalized spacial score (nSPS) is 14.4. The minimum absolute atomic E-state index is 0.181. The van der Waals surface area contributed by atoms with Gasteiger partial charge >= 0.3 is 17.9 Å². The first-order valence-electron chi connectivity index (χ1n) is 8.63. The van der Waals surface area contributed by atoms with Crippen molar-refractivity contribution >= 4 is 23.7 Å². The third-order valence-electron chi connectivity index (χ3n) is 4.26. The van der Waals surface area contributed by atoms with Crippen LogP contribution in [0.5, 0.6) is 5.75 Å². The lowest BCUT2D eigenvalue weighted by Gasteiger charge is -2.31. The molecule has 3 rings (SSSR count). The van der Waals surface area contributed by atoms with Crippen molar-refractivity contribution in [2.24, 2.45) is 5.92 Å². The van der Waals surface area contributed by atoms with E-state index in [4.69, 9.17) is 4.74 Å². The van der Waals surface area contributed by atoms with Crippen LogP contribution in [0, 0.1) is 5.92 Å². The number of piperidine rings is 1. The molecule has 2 aromatic rings. The number of likely N-dealkylation sites (tertiary alicyclic amines) is 1. The lowest BCUT2D eigenvalue weighted by atomic mass is 9.97. The molecule has 1 saturated heterocycles. The first-order valence-corrected chi connectivity index (χ1v) is 8.63. The smallest absolute Gasteiger partial charge is 0.410 e. The van der Waals surface area contributed by atoms with E-state index in [1.54, 1.807) is 29.2 Å². The van der Waals surface area contributed by atoms with E-state index in [0.29, 0.717) is 25.4 Å². The van der Waals surface area contributed by atoms with Crippen molar-refractivity contribution in [2.75, 3.05) is 25.0 Å². The molecule has 3 amide bonds. The van der Waals surface area contributed by atoms with Crippen LogP contribution >= 0.6 is 0 Å². The zero-order chi connectivity index (χ0) is 19.1. The summed E-state index contributed by atoms with van der Waals surface area (Å²) in [4.78, 5) is 37.3. The molecule has 0 radical (unpaired) electrons. The highest BCUT2D eigenvalue weighted by Crippen LogP contribution is 2.18. The van der Waals surface area contributed by atoms with Crippen LogP contribution in [0.4, 0.5) is 10.6 Å². The van der Waals surface area contributed by atoms with Crippen LogP contribution in [0.3, 0.4) is 0 Å². The van der Waals surface area contributed by atoms with E-state index in [9.17, 15) is 14.4 Å². The van der Waals surface area contributed by atoms with Gasteiger partial charge in [0, 0.05) is 25.7 Å². The number of benzene rings is 1. The number of hydrogen-bond acceptors (Lipinski definition) is 6. The Balaban J connectivity index is 1.37. The fraction of sp³-hybridized carbons (Fsp3) is 0.333. The summed E-state index contributed by atoms with van der Waals surface area (Å²) in [7, 11) is 0. The SMILES string of the molecule is O=C(NCC1CCN(C(=O)Oc2ccccc2)CC1)C(=O)Nc1ccon1. The average Bonchev–Trinajstić information content (AvgIpc) is 3.20. The molecule has 9 nitrogen and oxygen atoms in total. The molecule has 1 fully saturated rings. The lowest BCUT2D eigenvalue weighted by molar-refractivity contribution is -0.136. The number of nitrogens with zero attached hydrogens (tertiary/aromatic N) is 2. The Kier molecular flexibility index (Phi) is 6.03. The molecular weight excluding hydrogens is 352 g/mol. The molecule has 0 saturated carbocycles.